The van der Waals surface area contributed by atoms with Crippen molar-refractivity contribution in [1.82, 2.24) is 15.5 Å². The number of rotatable bonds is 2. The summed E-state index contributed by atoms with van der Waals surface area (Å²) in [5.74, 6) is 0.411. The van der Waals surface area contributed by atoms with E-state index >= 15 is 0 Å². The lowest BCUT2D eigenvalue weighted by molar-refractivity contribution is -0.114. The molecule has 1 aromatic heterocycles. The van der Waals surface area contributed by atoms with Crippen LogP contribution >= 0.6 is 11.3 Å². The molecule has 1 aliphatic heterocycles. The molecule has 82 valence electrons. The molecule has 0 radical (unpaired) electrons. The van der Waals surface area contributed by atoms with Crippen molar-refractivity contribution in [2.75, 3.05) is 18.4 Å². The zero-order valence-corrected chi connectivity index (χ0v) is 9.43. The fourth-order valence-corrected chi connectivity index (χ4v) is 2.63. The first-order chi connectivity index (χ1) is 7.25. The molecule has 15 heavy (non-hydrogen) atoms. The summed E-state index contributed by atoms with van der Waals surface area (Å²) in [5.41, 5.74) is 0. The number of nitrogens with zero attached hydrogens (tertiary/aromatic N) is 2. The van der Waals surface area contributed by atoms with Crippen LogP contribution in [0.3, 0.4) is 0 Å². The second-order valence-corrected chi connectivity index (χ2v) is 4.66. The first-order valence-corrected chi connectivity index (χ1v) is 5.89. The zero-order chi connectivity index (χ0) is 10.7. The largest absolute Gasteiger partial charge is 0.317 e. The molecular weight excluding hydrogens is 212 g/mol. The summed E-state index contributed by atoms with van der Waals surface area (Å²) in [7, 11) is 0. The lowest BCUT2D eigenvalue weighted by Crippen LogP contribution is -2.26. The maximum absolute atomic E-state index is 10.8. The van der Waals surface area contributed by atoms with E-state index in [0.29, 0.717) is 11.0 Å². The molecule has 0 aliphatic carbocycles. The highest BCUT2D eigenvalue weighted by Crippen LogP contribution is 2.29. The number of hydrogen-bond acceptors (Lipinski definition) is 5. The third-order valence-electron chi connectivity index (χ3n) is 2.41. The Kier molecular flexibility index (Phi) is 3.27. The van der Waals surface area contributed by atoms with Crippen molar-refractivity contribution in [3.05, 3.63) is 5.01 Å². The van der Waals surface area contributed by atoms with Crippen LogP contribution in [0, 0.1) is 0 Å². The molecule has 0 unspecified atom stereocenters. The number of carbonyl (C=O) groups is 1. The summed E-state index contributed by atoms with van der Waals surface area (Å²) in [6, 6.07) is 0. The molecule has 0 aromatic carbocycles. The molecule has 0 atom stereocenters. The minimum Gasteiger partial charge on any atom is -0.317 e. The fourth-order valence-electron chi connectivity index (χ4n) is 1.67. The Morgan fingerprint density at radius 3 is 2.87 bits per heavy atom. The van der Waals surface area contributed by atoms with Crippen LogP contribution in [0.4, 0.5) is 5.13 Å². The predicted octanol–water partition coefficient (Wildman–Crippen LogP) is 0.963. The normalized spacial score (nSPS) is 17.7. The molecular formula is C9H14N4OS. The average molecular weight is 226 g/mol. The van der Waals surface area contributed by atoms with E-state index in [2.05, 4.69) is 20.8 Å². The molecule has 2 rings (SSSR count). The van der Waals surface area contributed by atoms with Crippen LogP contribution < -0.4 is 10.6 Å². The number of nitrogens with one attached hydrogen (secondary N) is 2. The van der Waals surface area contributed by atoms with Gasteiger partial charge in [-0.15, -0.1) is 10.2 Å². The van der Waals surface area contributed by atoms with Crippen LogP contribution in [0.1, 0.15) is 30.7 Å². The molecule has 2 N–H and O–H groups in total. The van der Waals surface area contributed by atoms with Gasteiger partial charge in [0.2, 0.25) is 11.0 Å². The van der Waals surface area contributed by atoms with Gasteiger partial charge >= 0.3 is 0 Å². The SMILES string of the molecule is CC(=O)Nc1nnc(C2CCNCC2)s1. The van der Waals surface area contributed by atoms with E-state index < -0.39 is 0 Å². The zero-order valence-electron chi connectivity index (χ0n) is 8.62. The third kappa shape index (κ3) is 2.73. The molecule has 6 heteroatoms. The van der Waals surface area contributed by atoms with Crippen LogP contribution in [-0.4, -0.2) is 29.2 Å². The van der Waals surface area contributed by atoms with Crippen molar-refractivity contribution >= 4 is 22.4 Å². The molecule has 1 amide bonds. The molecule has 0 saturated carbocycles. The molecule has 1 aromatic rings. The topological polar surface area (TPSA) is 66.9 Å². The van der Waals surface area contributed by atoms with E-state index in [1.807, 2.05) is 0 Å². The van der Waals surface area contributed by atoms with Crippen LogP contribution in [-0.2, 0) is 4.79 Å². The molecule has 1 saturated heterocycles. The first-order valence-electron chi connectivity index (χ1n) is 5.07. The minimum atomic E-state index is -0.0944. The van der Waals surface area contributed by atoms with Crippen molar-refractivity contribution < 1.29 is 4.79 Å². The second-order valence-electron chi connectivity index (χ2n) is 3.65. The van der Waals surface area contributed by atoms with Gasteiger partial charge < -0.3 is 10.6 Å². The van der Waals surface area contributed by atoms with Gasteiger partial charge in [0.05, 0.1) is 0 Å². The average Bonchev–Trinajstić information content (AvgIpc) is 2.67. The van der Waals surface area contributed by atoms with Crippen molar-refractivity contribution in [2.45, 2.75) is 25.7 Å². The number of carbonyl (C=O) groups excluding carboxylic acids is 1. The van der Waals surface area contributed by atoms with Gasteiger partial charge in [0.15, 0.2) is 0 Å². The van der Waals surface area contributed by atoms with Crippen LogP contribution in [0.2, 0.25) is 0 Å². The van der Waals surface area contributed by atoms with Gasteiger partial charge in [0.25, 0.3) is 0 Å². The lowest BCUT2D eigenvalue weighted by atomic mass is 9.99. The van der Waals surface area contributed by atoms with Gasteiger partial charge in [-0.3, -0.25) is 4.79 Å². The first kappa shape index (κ1) is 10.5. The van der Waals surface area contributed by atoms with Gasteiger partial charge in [0, 0.05) is 12.8 Å². The standard InChI is InChI=1S/C9H14N4OS/c1-6(14)11-9-13-12-8(15-9)7-2-4-10-5-3-7/h7,10H,2-5H2,1H3,(H,11,13,14). The highest BCUT2D eigenvalue weighted by molar-refractivity contribution is 7.15. The van der Waals surface area contributed by atoms with Crippen molar-refractivity contribution in [3.63, 3.8) is 0 Å². The fraction of sp³-hybridized carbons (Fsp3) is 0.667. The van der Waals surface area contributed by atoms with E-state index in [4.69, 9.17) is 0 Å². The summed E-state index contributed by atoms with van der Waals surface area (Å²) in [4.78, 5) is 10.8. The van der Waals surface area contributed by atoms with Crippen molar-refractivity contribution in [1.29, 1.82) is 0 Å². The Balaban J connectivity index is 2.02. The number of amides is 1. The van der Waals surface area contributed by atoms with Gasteiger partial charge in [-0.05, 0) is 25.9 Å². The summed E-state index contributed by atoms with van der Waals surface area (Å²) in [6.45, 7) is 3.56. The second kappa shape index (κ2) is 4.67. The Morgan fingerprint density at radius 1 is 1.47 bits per heavy atom. The Labute approximate surface area is 92.3 Å². The highest BCUT2D eigenvalue weighted by Gasteiger charge is 2.19. The number of piperidine rings is 1. The Bertz CT molecular complexity index is 346. The monoisotopic (exact) mass is 226 g/mol. The Hall–Kier alpha value is -1.01. The summed E-state index contributed by atoms with van der Waals surface area (Å²) < 4.78 is 0. The van der Waals surface area contributed by atoms with Gasteiger partial charge in [-0.25, -0.2) is 0 Å². The quantitative estimate of drug-likeness (QED) is 0.788. The molecule has 0 bridgehead atoms. The van der Waals surface area contributed by atoms with Gasteiger partial charge in [-0.2, -0.15) is 0 Å². The van der Waals surface area contributed by atoms with E-state index in [-0.39, 0.29) is 5.91 Å². The summed E-state index contributed by atoms with van der Waals surface area (Å²) in [5, 5.41) is 15.7. The van der Waals surface area contributed by atoms with E-state index in [1.54, 1.807) is 0 Å². The van der Waals surface area contributed by atoms with E-state index in [9.17, 15) is 4.79 Å². The maximum Gasteiger partial charge on any atom is 0.223 e. The van der Waals surface area contributed by atoms with Gasteiger partial charge in [-0.1, -0.05) is 11.3 Å². The van der Waals surface area contributed by atoms with Crippen molar-refractivity contribution in [2.24, 2.45) is 0 Å². The maximum atomic E-state index is 10.8. The molecule has 2 heterocycles. The van der Waals surface area contributed by atoms with Crippen LogP contribution in [0.5, 0.6) is 0 Å². The smallest absolute Gasteiger partial charge is 0.223 e. The van der Waals surface area contributed by atoms with Crippen LogP contribution in [0.15, 0.2) is 0 Å². The number of anilines is 1. The summed E-state index contributed by atoms with van der Waals surface area (Å²) in [6.07, 6.45) is 2.21. The van der Waals surface area contributed by atoms with E-state index in [0.717, 1.165) is 30.9 Å². The van der Waals surface area contributed by atoms with Crippen LogP contribution in [0.25, 0.3) is 0 Å². The third-order valence-corrected chi connectivity index (χ3v) is 3.41. The predicted molar refractivity (Wildman–Crippen MR) is 59.1 cm³/mol. The van der Waals surface area contributed by atoms with Crippen molar-refractivity contribution in [3.8, 4) is 0 Å². The Morgan fingerprint density at radius 2 is 2.20 bits per heavy atom. The number of hydrogen-bond donors (Lipinski definition) is 2. The number of aromatic nitrogens is 2. The van der Waals surface area contributed by atoms with Gasteiger partial charge in [0.1, 0.15) is 5.01 Å². The minimum absolute atomic E-state index is 0.0944. The highest BCUT2D eigenvalue weighted by atomic mass is 32.1. The lowest BCUT2D eigenvalue weighted by Gasteiger charge is -2.19. The molecule has 5 nitrogen and oxygen atoms in total. The molecule has 1 fully saturated rings. The summed E-state index contributed by atoms with van der Waals surface area (Å²) >= 11 is 1.49. The molecule has 0 spiro atoms. The molecule has 1 aliphatic rings. The van der Waals surface area contributed by atoms with E-state index in [1.165, 1.54) is 18.3 Å².